The molecule has 2 aromatic rings. The average Bonchev–Trinajstić information content (AvgIpc) is 2.53. The summed E-state index contributed by atoms with van der Waals surface area (Å²) in [6, 6.07) is 11.7. The molecule has 0 saturated carbocycles. The van der Waals surface area contributed by atoms with E-state index in [0.29, 0.717) is 21.4 Å². The van der Waals surface area contributed by atoms with Crippen LogP contribution in [0.4, 0.5) is 11.4 Å². The van der Waals surface area contributed by atoms with Gasteiger partial charge in [0.2, 0.25) is 11.8 Å². The van der Waals surface area contributed by atoms with E-state index in [1.807, 2.05) is 0 Å². The van der Waals surface area contributed by atoms with E-state index in [0.717, 1.165) is 0 Å². The molecular formula is C17H15Cl3N2O2. The Kier molecular flexibility index (Phi) is 5.75. The second-order valence-corrected chi connectivity index (χ2v) is 6.81. The first-order valence-electron chi connectivity index (χ1n) is 7.05. The minimum absolute atomic E-state index is 0.217. The van der Waals surface area contributed by atoms with Crippen molar-refractivity contribution < 1.29 is 9.59 Å². The highest BCUT2D eigenvalue weighted by atomic mass is 35.5. The van der Waals surface area contributed by atoms with Gasteiger partial charge >= 0.3 is 0 Å². The minimum atomic E-state index is -1.36. The molecule has 7 heteroatoms. The lowest BCUT2D eigenvalue weighted by Crippen LogP contribution is -2.41. The summed E-state index contributed by atoms with van der Waals surface area (Å²) in [6.45, 7) is 3.01. The third-order valence-corrected chi connectivity index (χ3v) is 4.61. The Morgan fingerprint density at radius 3 is 1.92 bits per heavy atom. The molecule has 4 nitrogen and oxygen atoms in total. The number of hydrogen-bond acceptors (Lipinski definition) is 2. The smallest absolute Gasteiger partial charge is 0.239 e. The number of benzene rings is 2. The van der Waals surface area contributed by atoms with Crippen LogP contribution in [0.1, 0.15) is 13.8 Å². The van der Waals surface area contributed by atoms with Gasteiger partial charge in [-0.15, -0.1) is 0 Å². The molecule has 0 unspecified atom stereocenters. The fourth-order valence-electron chi connectivity index (χ4n) is 1.82. The summed E-state index contributed by atoms with van der Waals surface area (Å²) in [6.07, 6.45) is 0. The van der Waals surface area contributed by atoms with Crippen LogP contribution in [0, 0.1) is 5.41 Å². The molecule has 2 rings (SSSR count). The number of carbonyl (C=O) groups is 2. The zero-order chi connectivity index (χ0) is 17.9. The van der Waals surface area contributed by atoms with Gasteiger partial charge in [-0.3, -0.25) is 9.59 Å². The van der Waals surface area contributed by atoms with E-state index in [2.05, 4.69) is 10.6 Å². The molecule has 126 valence electrons. The van der Waals surface area contributed by atoms with Crippen molar-refractivity contribution in [3.63, 3.8) is 0 Å². The third kappa shape index (κ3) is 4.01. The van der Waals surface area contributed by atoms with E-state index in [1.54, 1.807) is 42.5 Å². The number of halogens is 3. The Hall–Kier alpha value is -1.75. The van der Waals surface area contributed by atoms with Crippen LogP contribution < -0.4 is 10.6 Å². The summed E-state index contributed by atoms with van der Waals surface area (Å²) in [7, 11) is 0. The summed E-state index contributed by atoms with van der Waals surface area (Å²) < 4.78 is 0. The van der Waals surface area contributed by atoms with Crippen molar-refractivity contribution in [3.05, 3.63) is 57.5 Å². The fourth-order valence-corrected chi connectivity index (χ4v) is 2.35. The van der Waals surface area contributed by atoms with Crippen molar-refractivity contribution in [1.29, 1.82) is 0 Å². The monoisotopic (exact) mass is 384 g/mol. The Labute approximate surface area is 155 Å². The van der Waals surface area contributed by atoms with Crippen LogP contribution in [0.3, 0.4) is 0 Å². The van der Waals surface area contributed by atoms with E-state index in [-0.39, 0.29) is 5.02 Å². The molecule has 0 aliphatic heterocycles. The van der Waals surface area contributed by atoms with E-state index in [9.17, 15) is 9.59 Å². The van der Waals surface area contributed by atoms with Crippen LogP contribution in [0.25, 0.3) is 0 Å². The number of nitrogens with one attached hydrogen (secondary N) is 2. The van der Waals surface area contributed by atoms with Crippen molar-refractivity contribution in [1.82, 2.24) is 0 Å². The summed E-state index contributed by atoms with van der Waals surface area (Å²) in [5, 5.41) is 6.19. The van der Waals surface area contributed by atoms with E-state index >= 15 is 0 Å². The van der Waals surface area contributed by atoms with Gasteiger partial charge in [-0.25, -0.2) is 0 Å². The molecule has 0 atom stereocenters. The first kappa shape index (κ1) is 18.6. The van der Waals surface area contributed by atoms with Crippen LogP contribution >= 0.6 is 34.8 Å². The maximum Gasteiger partial charge on any atom is 0.239 e. The minimum Gasteiger partial charge on any atom is -0.324 e. The molecule has 0 fully saturated rings. The molecule has 2 amide bonds. The summed E-state index contributed by atoms with van der Waals surface area (Å²) in [4.78, 5) is 25.0. The second kappa shape index (κ2) is 7.43. The Morgan fingerprint density at radius 2 is 1.29 bits per heavy atom. The molecule has 0 heterocycles. The number of amides is 2. The molecular weight excluding hydrogens is 371 g/mol. The lowest BCUT2D eigenvalue weighted by Gasteiger charge is -2.23. The number of para-hydroxylation sites is 1. The van der Waals surface area contributed by atoms with Crippen molar-refractivity contribution in [3.8, 4) is 0 Å². The van der Waals surface area contributed by atoms with E-state index < -0.39 is 17.2 Å². The molecule has 24 heavy (non-hydrogen) atoms. The Morgan fingerprint density at radius 1 is 0.792 bits per heavy atom. The predicted octanol–water partition coefficient (Wildman–Crippen LogP) is 5.25. The largest absolute Gasteiger partial charge is 0.324 e. The summed E-state index contributed by atoms with van der Waals surface area (Å²) in [5.74, 6) is -1.01. The van der Waals surface area contributed by atoms with E-state index in [1.165, 1.54) is 13.8 Å². The molecule has 0 aliphatic carbocycles. The van der Waals surface area contributed by atoms with Crippen LogP contribution in [0.5, 0.6) is 0 Å². The first-order valence-corrected chi connectivity index (χ1v) is 8.18. The highest BCUT2D eigenvalue weighted by molar-refractivity contribution is 6.44. The highest BCUT2D eigenvalue weighted by Gasteiger charge is 2.36. The number of anilines is 2. The van der Waals surface area contributed by atoms with Crippen LogP contribution in [-0.2, 0) is 9.59 Å². The fraction of sp³-hybridized carbons (Fsp3) is 0.176. The standard InChI is InChI=1S/C17H15Cl3N2O2/c1-17(2,15(23)21-12-8-4-3-6-10(12)18)16(24)22-13-9-5-7-11(19)14(13)20/h3-9H,1-2H3,(H,21,23)(H,22,24). The van der Waals surface area contributed by atoms with Gasteiger partial charge in [0.15, 0.2) is 0 Å². The maximum atomic E-state index is 12.5. The number of rotatable bonds is 4. The SMILES string of the molecule is CC(C)(C(=O)Nc1ccccc1Cl)C(=O)Nc1cccc(Cl)c1Cl. The summed E-state index contributed by atoms with van der Waals surface area (Å²) >= 11 is 18.0. The molecule has 2 aromatic carbocycles. The molecule has 0 aliphatic rings. The zero-order valence-corrected chi connectivity index (χ0v) is 15.3. The molecule has 2 N–H and O–H groups in total. The number of hydrogen-bond donors (Lipinski definition) is 2. The van der Waals surface area contributed by atoms with Crippen LogP contribution in [0.15, 0.2) is 42.5 Å². The highest BCUT2D eigenvalue weighted by Crippen LogP contribution is 2.31. The predicted molar refractivity (Wildman–Crippen MR) is 99.0 cm³/mol. The third-order valence-electron chi connectivity index (χ3n) is 3.46. The van der Waals surface area contributed by atoms with Crippen LogP contribution in [0.2, 0.25) is 15.1 Å². The van der Waals surface area contributed by atoms with Gasteiger partial charge in [-0.1, -0.05) is 53.0 Å². The van der Waals surface area contributed by atoms with E-state index in [4.69, 9.17) is 34.8 Å². The van der Waals surface area contributed by atoms with Crippen molar-refractivity contribution in [2.75, 3.05) is 10.6 Å². The quantitative estimate of drug-likeness (QED) is 0.706. The van der Waals surface area contributed by atoms with Crippen molar-refractivity contribution in [2.45, 2.75) is 13.8 Å². The van der Waals surface area contributed by atoms with Crippen molar-refractivity contribution in [2.24, 2.45) is 5.41 Å². The van der Waals surface area contributed by atoms with Gasteiger partial charge in [0, 0.05) is 0 Å². The molecule has 0 bridgehead atoms. The molecule has 0 saturated heterocycles. The molecule has 0 aromatic heterocycles. The lowest BCUT2D eigenvalue weighted by molar-refractivity contribution is -0.135. The number of carbonyl (C=O) groups excluding carboxylic acids is 2. The van der Waals surface area contributed by atoms with Gasteiger partial charge in [0.1, 0.15) is 5.41 Å². The van der Waals surface area contributed by atoms with Gasteiger partial charge in [-0.05, 0) is 38.1 Å². The second-order valence-electron chi connectivity index (χ2n) is 5.61. The van der Waals surface area contributed by atoms with Gasteiger partial charge in [0.25, 0.3) is 0 Å². The maximum absolute atomic E-state index is 12.5. The van der Waals surface area contributed by atoms with Gasteiger partial charge in [-0.2, -0.15) is 0 Å². The molecule has 0 spiro atoms. The average molecular weight is 386 g/mol. The first-order chi connectivity index (χ1) is 11.2. The topological polar surface area (TPSA) is 58.2 Å². The van der Waals surface area contributed by atoms with Crippen LogP contribution in [-0.4, -0.2) is 11.8 Å². The lowest BCUT2D eigenvalue weighted by atomic mass is 9.90. The Balaban J connectivity index is 2.16. The zero-order valence-electron chi connectivity index (χ0n) is 13.0. The Bertz CT molecular complexity index is 791. The van der Waals surface area contributed by atoms with Gasteiger partial charge < -0.3 is 10.6 Å². The summed E-state index contributed by atoms with van der Waals surface area (Å²) in [5.41, 5.74) is -0.580. The van der Waals surface area contributed by atoms with Crippen molar-refractivity contribution >= 4 is 58.0 Å². The molecule has 0 radical (unpaired) electrons. The normalized spacial score (nSPS) is 11.0. The van der Waals surface area contributed by atoms with Gasteiger partial charge in [0.05, 0.1) is 26.4 Å².